The van der Waals surface area contributed by atoms with Gasteiger partial charge in [0.1, 0.15) is 5.75 Å². The fourth-order valence-electron chi connectivity index (χ4n) is 2.09. The molecule has 4 nitrogen and oxygen atoms in total. The molecule has 0 bridgehead atoms. The van der Waals surface area contributed by atoms with Crippen LogP contribution >= 0.6 is 11.6 Å². The Morgan fingerprint density at radius 3 is 2.52 bits per heavy atom. The van der Waals surface area contributed by atoms with Gasteiger partial charge in [0, 0.05) is 25.8 Å². The van der Waals surface area contributed by atoms with Crippen LogP contribution in [0.5, 0.6) is 5.75 Å². The molecule has 0 aromatic heterocycles. The first kappa shape index (κ1) is 17.2. The molecule has 2 rings (SSSR count). The number of benzene rings is 2. The zero-order chi connectivity index (χ0) is 16.7. The van der Waals surface area contributed by atoms with E-state index in [1.54, 1.807) is 19.1 Å². The van der Waals surface area contributed by atoms with E-state index in [2.05, 4.69) is 10.2 Å². The molecule has 0 spiro atoms. The Morgan fingerprint density at radius 1 is 1.17 bits per heavy atom. The predicted octanol–water partition coefficient (Wildman–Crippen LogP) is 3.36. The fraction of sp³-hybridized carbons (Fsp3) is 0.278. The van der Waals surface area contributed by atoms with Crippen molar-refractivity contribution in [2.24, 2.45) is 0 Å². The molecule has 2 aromatic carbocycles. The number of para-hydroxylation sites is 2. The SMILES string of the molecule is C[C@@H](Oc1ccccc1Cl)C(=O)NCCN(C)c1ccccc1. The number of hydrogen-bond donors (Lipinski definition) is 1. The summed E-state index contributed by atoms with van der Waals surface area (Å²) >= 11 is 6.02. The van der Waals surface area contributed by atoms with Crippen molar-refractivity contribution in [3.05, 3.63) is 59.6 Å². The van der Waals surface area contributed by atoms with Gasteiger partial charge in [0.25, 0.3) is 5.91 Å². The second-order valence-corrected chi connectivity index (χ2v) is 5.65. The molecular formula is C18H21ClN2O2. The van der Waals surface area contributed by atoms with Crippen molar-refractivity contribution in [3.8, 4) is 5.75 Å². The van der Waals surface area contributed by atoms with Gasteiger partial charge in [0.2, 0.25) is 0 Å². The lowest BCUT2D eigenvalue weighted by Crippen LogP contribution is -2.40. The van der Waals surface area contributed by atoms with Crippen LogP contribution in [-0.2, 0) is 4.79 Å². The van der Waals surface area contributed by atoms with E-state index in [-0.39, 0.29) is 5.91 Å². The van der Waals surface area contributed by atoms with Gasteiger partial charge in [-0.3, -0.25) is 4.79 Å². The Hall–Kier alpha value is -2.20. The zero-order valence-corrected chi connectivity index (χ0v) is 14.1. The summed E-state index contributed by atoms with van der Waals surface area (Å²) < 4.78 is 5.59. The maximum absolute atomic E-state index is 12.1. The fourth-order valence-corrected chi connectivity index (χ4v) is 2.27. The smallest absolute Gasteiger partial charge is 0.260 e. The standard InChI is InChI=1S/C18H21ClN2O2/c1-14(23-17-11-7-6-10-16(17)19)18(22)20-12-13-21(2)15-8-4-3-5-9-15/h3-11,14H,12-13H2,1-2H3,(H,20,22)/t14-/m1/s1. The third-order valence-corrected chi connectivity index (χ3v) is 3.77. The maximum atomic E-state index is 12.1. The Balaban J connectivity index is 1.77. The van der Waals surface area contributed by atoms with Crippen molar-refractivity contribution in [2.45, 2.75) is 13.0 Å². The van der Waals surface area contributed by atoms with Crippen molar-refractivity contribution in [1.82, 2.24) is 5.32 Å². The van der Waals surface area contributed by atoms with Crippen LogP contribution in [-0.4, -0.2) is 32.1 Å². The lowest BCUT2D eigenvalue weighted by atomic mass is 10.3. The molecule has 5 heteroatoms. The van der Waals surface area contributed by atoms with Crippen LogP contribution < -0.4 is 15.0 Å². The number of nitrogens with one attached hydrogen (secondary N) is 1. The Kier molecular flexibility index (Phi) is 6.29. The molecule has 0 aliphatic rings. The van der Waals surface area contributed by atoms with Crippen LogP contribution in [0.3, 0.4) is 0 Å². The van der Waals surface area contributed by atoms with E-state index in [1.807, 2.05) is 49.5 Å². The topological polar surface area (TPSA) is 41.6 Å². The van der Waals surface area contributed by atoms with Crippen molar-refractivity contribution in [3.63, 3.8) is 0 Å². The number of likely N-dealkylation sites (N-methyl/N-ethyl adjacent to an activating group) is 1. The molecule has 1 amide bonds. The molecule has 1 atom stereocenters. The van der Waals surface area contributed by atoms with Crippen LogP contribution in [0, 0.1) is 0 Å². The summed E-state index contributed by atoms with van der Waals surface area (Å²) in [6.07, 6.45) is -0.600. The highest BCUT2D eigenvalue weighted by Gasteiger charge is 2.15. The number of amides is 1. The summed E-state index contributed by atoms with van der Waals surface area (Å²) in [6.45, 7) is 2.97. The monoisotopic (exact) mass is 332 g/mol. The summed E-state index contributed by atoms with van der Waals surface area (Å²) in [7, 11) is 1.99. The van der Waals surface area contributed by atoms with Crippen molar-refractivity contribution >= 4 is 23.2 Å². The first-order valence-electron chi connectivity index (χ1n) is 7.53. The van der Waals surface area contributed by atoms with Crippen LogP contribution in [0.1, 0.15) is 6.92 Å². The van der Waals surface area contributed by atoms with E-state index < -0.39 is 6.10 Å². The van der Waals surface area contributed by atoms with Crippen LogP contribution in [0.25, 0.3) is 0 Å². The Labute approximate surface area is 142 Å². The Bertz CT molecular complexity index is 634. The summed E-state index contributed by atoms with van der Waals surface area (Å²) in [5.74, 6) is 0.351. The summed E-state index contributed by atoms with van der Waals surface area (Å²) in [5, 5.41) is 3.37. The first-order chi connectivity index (χ1) is 11.1. The molecule has 0 radical (unpaired) electrons. The molecule has 23 heavy (non-hydrogen) atoms. The highest BCUT2D eigenvalue weighted by molar-refractivity contribution is 6.32. The second-order valence-electron chi connectivity index (χ2n) is 5.24. The minimum atomic E-state index is -0.600. The third kappa shape index (κ3) is 5.18. The quantitative estimate of drug-likeness (QED) is 0.845. The van der Waals surface area contributed by atoms with Crippen molar-refractivity contribution in [2.75, 3.05) is 25.0 Å². The lowest BCUT2D eigenvalue weighted by molar-refractivity contribution is -0.127. The largest absolute Gasteiger partial charge is 0.479 e. The van der Waals surface area contributed by atoms with Gasteiger partial charge in [-0.15, -0.1) is 0 Å². The number of hydrogen-bond acceptors (Lipinski definition) is 3. The van der Waals surface area contributed by atoms with Crippen molar-refractivity contribution < 1.29 is 9.53 Å². The third-order valence-electron chi connectivity index (χ3n) is 3.45. The first-order valence-corrected chi connectivity index (χ1v) is 7.91. The molecule has 2 aromatic rings. The molecule has 1 N–H and O–H groups in total. The van der Waals surface area contributed by atoms with Gasteiger partial charge in [-0.1, -0.05) is 41.9 Å². The van der Waals surface area contributed by atoms with Gasteiger partial charge < -0.3 is 15.0 Å². The molecule has 0 saturated heterocycles. The highest BCUT2D eigenvalue weighted by atomic mass is 35.5. The molecule has 0 aliphatic carbocycles. The van der Waals surface area contributed by atoms with Gasteiger partial charge in [0.05, 0.1) is 5.02 Å². The number of anilines is 1. The zero-order valence-electron chi connectivity index (χ0n) is 13.3. The van der Waals surface area contributed by atoms with Crippen LogP contribution in [0.4, 0.5) is 5.69 Å². The van der Waals surface area contributed by atoms with Gasteiger partial charge >= 0.3 is 0 Å². The molecule has 0 saturated carbocycles. The lowest BCUT2D eigenvalue weighted by Gasteiger charge is -2.20. The minimum absolute atomic E-state index is 0.161. The second kappa shape index (κ2) is 8.44. The number of carbonyl (C=O) groups excluding carboxylic acids is 1. The molecule has 122 valence electrons. The van der Waals surface area contributed by atoms with E-state index in [0.717, 1.165) is 5.69 Å². The van der Waals surface area contributed by atoms with Gasteiger partial charge in [-0.25, -0.2) is 0 Å². The maximum Gasteiger partial charge on any atom is 0.260 e. The number of halogens is 1. The van der Waals surface area contributed by atoms with E-state index in [1.165, 1.54) is 0 Å². The van der Waals surface area contributed by atoms with Gasteiger partial charge in [0.15, 0.2) is 6.10 Å². The van der Waals surface area contributed by atoms with E-state index in [4.69, 9.17) is 16.3 Å². The normalized spacial score (nSPS) is 11.6. The van der Waals surface area contributed by atoms with Crippen LogP contribution in [0.15, 0.2) is 54.6 Å². The Morgan fingerprint density at radius 2 is 1.83 bits per heavy atom. The van der Waals surface area contributed by atoms with Crippen LogP contribution in [0.2, 0.25) is 5.02 Å². The predicted molar refractivity (Wildman–Crippen MR) is 94.3 cm³/mol. The van der Waals surface area contributed by atoms with Gasteiger partial charge in [-0.2, -0.15) is 0 Å². The molecule has 0 unspecified atom stereocenters. The molecule has 0 fully saturated rings. The van der Waals surface area contributed by atoms with Gasteiger partial charge in [-0.05, 0) is 31.2 Å². The van der Waals surface area contributed by atoms with E-state index in [0.29, 0.717) is 23.9 Å². The molecule has 0 aliphatic heterocycles. The number of carbonyl (C=O) groups is 1. The summed E-state index contributed by atoms with van der Waals surface area (Å²) in [4.78, 5) is 14.2. The highest BCUT2D eigenvalue weighted by Crippen LogP contribution is 2.24. The number of rotatable bonds is 7. The average molecular weight is 333 g/mol. The minimum Gasteiger partial charge on any atom is -0.479 e. The number of nitrogens with zero attached hydrogens (tertiary/aromatic N) is 1. The molecule has 0 heterocycles. The summed E-state index contributed by atoms with van der Waals surface area (Å²) in [6, 6.07) is 17.1. The van der Waals surface area contributed by atoms with E-state index in [9.17, 15) is 4.79 Å². The average Bonchev–Trinajstić information content (AvgIpc) is 2.57. The number of ether oxygens (including phenoxy) is 1. The summed E-state index contributed by atoms with van der Waals surface area (Å²) in [5.41, 5.74) is 1.11. The molecular weight excluding hydrogens is 312 g/mol. The van der Waals surface area contributed by atoms with E-state index >= 15 is 0 Å². The van der Waals surface area contributed by atoms with Crippen molar-refractivity contribution in [1.29, 1.82) is 0 Å².